The molecule has 0 bridgehead atoms. The summed E-state index contributed by atoms with van der Waals surface area (Å²) in [4.78, 5) is 0. The standard InChI is InChI=1S/C34H42N4O3.2ClH/c1-23(2)37-33(35)25-14-16-29(17-15-25)39-18-7-5-6-8-19-40-30-11-9-10-26(20-30)31-21-27-12-13-28(22-32(27)41-31)34(36)38-24(3)4;;/h9-17,20-24H,5-8,18-19H2,1-4H3,(H2,35,37)(H2,36,38);2*1H. The number of furan rings is 1. The van der Waals surface area contributed by atoms with Crippen LogP contribution in [0.2, 0.25) is 0 Å². The summed E-state index contributed by atoms with van der Waals surface area (Å²) >= 11 is 0. The number of rotatable bonds is 14. The molecule has 0 aliphatic rings. The van der Waals surface area contributed by atoms with Crippen LogP contribution in [0.3, 0.4) is 0 Å². The molecule has 4 N–H and O–H groups in total. The number of ether oxygens (including phenoxy) is 2. The Labute approximate surface area is 267 Å². The Morgan fingerprint density at radius 3 is 1.88 bits per heavy atom. The molecule has 0 aliphatic carbocycles. The van der Waals surface area contributed by atoms with Gasteiger partial charge in [-0.1, -0.05) is 24.3 Å². The largest absolute Gasteiger partial charge is 0.494 e. The van der Waals surface area contributed by atoms with Gasteiger partial charge >= 0.3 is 0 Å². The van der Waals surface area contributed by atoms with Gasteiger partial charge in [-0.2, -0.15) is 0 Å². The maximum atomic E-state index is 8.25. The summed E-state index contributed by atoms with van der Waals surface area (Å²) in [6.45, 7) is 9.43. The quantitative estimate of drug-likeness (QED) is 0.0637. The maximum absolute atomic E-state index is 8.25. The van der Waals surface area contributed by atoms with E-state index < -0.39 is 0 Å². The molecule has 0 atom stereocenters. The molecule has 4 rings (SSSR count). The van der Waals surface area contributed by atoms with E-state index in [4.69, 9.17) is 24.7 Å². The topological polar surface area (TPSA) is 103 Å². The molecule has 9 heteroatoms. The Hall–Kier alpha value is -3.68. The molecule has 0 saturated heterocycles. The molecule has 0 unspecified atom stereocenters. The average Bonchev–Trinajstić information content (AvgIpc) is 3.38. The van der Waals surface area contributed by atoms with E-state index in [9.17, 15) is 0 Å². The van der Waals surface area contributed by atoms with Gasteiger partial charge in [-0.25, -0.2) is 0 Å². The molecular formula is C34H44Cl2N4O3. The summed E-state index contributed by atoms with van der Waals surface area (Å²) in [6.07, 6.45) is 4.12. The Kier molecular flexibility index (Phi) is 14.4. The van der Waals surface area contributed by atoms with E-state index in [2.05, 4.69) is 10.6 Å². The monoisotopic (exact) mass is 626 g/mol. The fourth-order valence-corrected chi connectivity index (χ4v) is 4.47. The van der Waals surface area contributed by atoms with E-state index >= 15 is 0 Å². The van der Waals surface area contributed by atoms with Crippen LogP contribution < -0.4 is 20.1 Å². The van der Waals surface area contributed by atoms with Gasteiger partial charge in [0.15, 0.2) is 0 Å². The molecule has 4 aromatic rings. The summed E-state index contributed by atoms with van der Waals surface area (Å²) in [5, 5.41) is 23.6. The zero-order valence-electron chi connectivity index (χ0n) is 25.4. The van der Waals surface area contributed by atoms with Gasteiger partial charge in [0, 0.05) is 34.2 Å². The number of hydrogen-bond acceptors (Lipinski definition) is 5. The van der Waals surface area contributed by atoms with Crippen LogP contribution in [0.5, 0.6) is 11.5 Å². The van der Waals surface area contributed by atoms with E-state index in [1.165, 1.54) is 0 Å². The summed E-state index contributed by atoms with van der Waals surface area (Å²) < 4.78 is 18.0. The van der Waals surface area contributed by atoms with Gasteiger partial charge < -0.3 is 24.5 Å². The number of nitrogens with one attached hydrogen (secondary N) is 4. The van der Waals surface area contributed by atoms with Crippen LogP contribution in [0.15, 0.2) is 77.2 Å². The highest BCUT2D eigenvalue weighted by atomic mass is 35.5. The van der Waals surface area contributed by atoms with E-state index in [1.54, 1.807) is 0 Å². The molecule has 0 amide bonds. The van der Waals surface area contributed by atoms with Crippen molar-refractivity contribution in [3.05, 3.63) is 83.9 Å². The third-order valence-electron chi connectivity index (χ3n) is 6.51. The second-order valence-corrected chi connectivity index (χ2v) is 10.9. The lowest BCUT2D eigenvalue weighted by Gasteiger charge is -2.12. The van der Waals surface area contributed by atoms with Crippen molar-refractivity contribution in [1.82, 2.24) is 10.6 Å². The van der Waals surface area contributed by atoms with Crippen molar-refractivity contribution in [2.24, 2.45) is 0 Å². The maximum Gasteiger partial charge on any atom is 0.135 e. The number of halogens is 2. The lowest BCUT2D eigenvalue weighted by molar-refractivity contribution is 0.287. The van der Waals surface area contributed by atoms with E-state index in [1.807, 2.05) is 100 Å². The summed E-state index contributed by atoms with van der Waals surface area (Å²) in [5.74, 6) is 3.27. The predicted octanol–water partition coefficient (Wildman–Crippen LogP) is 8.61. The third-order valence-corrected chi connectivity index (χ3v) is 6.51. The fraction of sp³-hybridized carbons (Fsp3) is 0.353. The minimum absolute atomic E-state index is 0. The normalized spacial score (nSPS) is 10.7. The van der Waals surface area contributed by atoms with Crippen molar-refractivity contribution in [3.8, 4) is 22.8 Å². The number of unbranched alkanes of at least 4 members (excludes halogenated alkanes) is 3. The molecule has 0 aliphatic heterocycles. The number of amidine groups is 2. The van der Waals surface area contributed by atoms with Crippen molar-refractivity contribution < 1.29 is 13.9 Å². The van der Waals surface area contributed by atoms with Crippen molar-refractivity contribution in [1.29, 1.82) is 10.8 Å². The highest BCUT2D eigenvalue weighted by molar-refractivity contribution is 6.00. The van der Waals surface area contributed by atoms with E-state index in [0.717, 1.165) is 70.6 Å². The molecular weight excluding hydrogens is 583 g/mol. The van der Waals surface area contributed by atoms with Crippen LogP contribution in [-0.4, -0.2) is 37.0 Å². The summed E-state index contributed by atoms with van der Waals surface area (Å²) in [5.41, 5.74) is 3.40. The van der Waals surface area contributed by atoms with Crippen LogP contribution >= 0.6 is 24.8 Å². The Balaban J connectivity index is 0.00000323. The second kappa shape index (κ2) is 17.4. The third kappa shape index (κ3) is 10.8. The molecule has 7 nitrogen and oxygen atoms in total. The number of hydrogen-bond donors (Lipinski definition) is 4. The van der Waals surface area contributed by atoms with Crippen LogP contribution in [0, 0.1) is 10.8 Å². The van der Waals surface area contributed by atoms with Gasteiger partial charge in [-0.05, 0) is 102 Å². The van der Waals surface area contributed by atoms with Crippen LogP contribution in [0.25, 0.3) is 22.3 Å². The summed E-state index contributed by atoms with van der Waals surface area (Å²) in [7, 11) is 0. The molecule has 1 aromatic heterocycles. The minimum atomic E-state index is 0. The van der Waals surface area contributed by atoms with Crippen molar-refractivity contribution in [3.63, 3.8) is 0 Å². The van der Waals surface area contributed by atoms with Crippen LogP contribution in [0.1, 0.15) is 64.5 Å². The average molecular weight is 628 g/mol. The van der Waals surface area contributed by atoms with E-state index in [-0.39, 0.29) is 36.9 Å². The van der Waals surface area contributed by atoms with E-state index in [0.29, 0.717) is 24.9 Å². The van der Waals surface area contributed by atoms with Gasteiger partial charge in [-0.15, -0.1) is 24.8 Å². The molecule has 1 heterocycles. The smallest absolute Gasteiger partial charge is 0.135 e. The first-order valence-corrected chi connectivity index (χ1v) is 14.5. The number of benzene rings is 3. The molecule has 0 fully saturated rings. The molecule has 0 spiro atoms. The van der Waals surface area contributed by atoms with Crippen LogP contribution in [0.4, 0.5) is 0 Å². The fourth-order valence-electron chi connectivity index (χ4n) is 4.47. The molecule has 0 saturated carbocycles. The van der Waals surface area contributed by atoms with Gasteiger partial charge in [0.05, 0.1) is 13.2 Å². The van der Waals surface area contributed by atoms with Gasteiger partial charge in [0.25, 0.3) is 0 Å². The number of fused-ring (bicyclic) bond motifs is 1. The van der Waals surface area contributed by atoms with Gasteiger partial charge in [0.2, 0.25) is 0 Å². The first-order chi connectivity index (χ1) is 19.8. The van der Waals surface area contributed by atoms with Crippen molar-refractivity contribution in [2.75, 3.05) is 13.2 Å². The lowest BCUT2D eigenvalue weighted by Crippen LogP contribution is -2.30. The summed E-state index contributed by atoms with van der Waals surface area (Å²) in [6, 6.07) is 24.0. The predicted molar refractivity (Wildman–Crippen MR) is 182 cm³/mol. The lowest BCUT2D eigenvalue weighted by atomic mass is 10.1. The minimum Gasteiger partial charge on any atom is -0.494 e. The second-order valence-electron chi connectivity index (χ2n) is 10.9. The van der Waals surface area contributed by atoms with Gasteiger partial charge in [-0.3, -0.25) is 10.8 Å². The Morgan fingerprint density at radius 1 is 0.674 bits per heavy atom. The van der Waals surface area contributed by atoms with Crippen LogP contribution in [-0.2, 0) is 0 Å². The zero-order valence-corrected chi connectivity index (χ0v) is 27.0. The first-order valence-electron chi connectivity index (χ1n) is 14.5. The van der Waals surface area contributed by atoms with Gasteiger partial charge in [0.1, 0.15) is 34.5 Å². The SMILES string of the molecule is CC(C)NC(=N)c1ccc(OCCCCCCOc2cccc(-c3cc4ccc(C(=N)NC(C)C)cc4o3)c2)cc1.Cl.Cl. The van der Waals surface area contributed by atoms with Crippen molar-refractivity contribution >= 4 is 47.5 Å². The molecule has 0 radical (unpaired) electrons. The Bertz CT molecular complexity index is 1450. The first kappa shape index (κ1) is 35.5. The van der Waals surface area contributed by atoms with Crippen molar-refractivity contribution in [2.45, 2.75) is 65.5 Å². The Morgan fingerprint density at radius 2 is 1.26 bits per heavy atom. The molecule has 232 valence electrons. The zero-order chi connectivity index (χ0) is 29.2. The molecule has 43 heavy (non-hydrogen) atoms. The molecule has 3 aromatic carbocycles. The highest BCUT2D eigenvalue weighted by Gasteiger charge is 2.11. The highest BCUT2D eigenvalue weighted by Crippen LogP contribution is 2.30.